The molecule has 2 aliphatic rings. The third-order valence-corrected chi connectivity index (χ3v) is 3.06. The first-order chi connectivity index (χ1) is 5.74. The van der Waals surface area contributed by atoms with E-state index in [4.69, 9.17) is 4.74 Å². The maximum absolute atomic E-state index is 11.1. The minimum atomic E-state index is 0.317. The maximum Gasteiger partial charge on any atom is 0.133 e. The molecule has 0 aromatic heterocycles. The van der Waals surface area contributed by atoms with E-state index in [1.807, 2.05) is 0 Å². The number of rotatable bonds is 2. The molecule has 1 saturated carbocycles. The van der Waals surface area contributed by atoms with Crippen molar-refractivity contribution in [2.45, 2.75) is 19.8 Å². The number of hydrogen-bond donors (Lipinski definition) is 0. The second-order valence-electron chi connectivity index (χ2n) is 3.75. The SMILES string of the molecule is COC1=CC2C(CC1)C2C(C)=O. The van der Waals surface area contributed by atoms with Gasteiger partial charge in [0.15, 0.2) is 0 Å². The van der Waals surface area contributed by atoms with Crippen LogP contribution in [0.25, 0.3) is 0 Å². The molecule has 66 valence electrons. The molecule has 0 heterocycles. The molecule has 3 atom stereocenters. The summed E-state index contributed by atoms with van der Waals surface area (Å²) in [7, 11) is 1.71. The van der Waals surface area contributed by atoms with Gasteiger partial charge in [0.2, 0.25) is 0 Å². The van der Waals surface area contributed by atoms with Crippen LogP contribution in [-0.4, -0.2) is 12.9 Å². The first-order valence-corrected chi connectivity index (χ1v) is 4.49. The Hall–Kier alpha value is -0.790. The Bertz CT molecular complexity index is 242. The lowest BCUT2D eigenvalue weighted by molar-refractivity contribution is -0.118. The molecular weight excluding hydrogens is 152 g/mol. The molecule has 0 aromatic rings. The zero-order valence-corrected chi connectivity index (χ0v) is 7.54. The van der Waals surface area contributed by atoms with Gasteiger partial charge in [0, 0.05) is 12.3 Å². The van der Waals surface area contributed by atoms with E-state index >= 15 is 0 Å². The zero-order valence-electron chi connectivity index (χ0n) is 7.54. The van der Waals surface area contributed by atoms with E-state index in [2.05, 4.69) is 6.08 Å². The number of hydrogen-bond acceptors (Lipinski definition) is 2. The molecule has 0 spiro atoms. The molecule has 2 heteroatoms. The van der Waals surface area contributed by atoms with E-state index in [-0.39, 0.29) is 0 Å². The molecule has 0 bridgehead atoms. The highest BCUT2D eigenvalue weighted by atomic mass is 16.5. The second-order valence-corrected chi connectivity index (χ2v) is 3.75. The highest BCUT2D eigenvalue weighted by Crippen LogP contribution is 2.54. The van der Waals surface area contributed by atoms with E-state index < -0.39 is 0 Å². The Morgan fingerprint density at radius 1 is 1.67 bits per heavy atom. The van der Waals surface area contributed by atoms with Crippen LogP contribution in [0.3, 0.4) is 0 Å². The summed E-state index contributed by atoms with van der Waals surface area (Å²) in [6, 6.07) is 0. The van der Waals surface area contributed by atoms with Gasteiger partial charge in [-0.1, -0.05) is 0 Å². The van der Waals surface area contributed by atoms with Gasteiger partial charge in [-0.2, -0.15) is 0 Å². The lowest BCUT2D eigenvalue weighted by Gasteiger charge is -2.09. The van der Waals surface area contributed by atoms with E-state index in [0.717, 1.165) is 18.6 Å². The highest BCUT2D eigenvalue weighted by Gasteiger charge is 2.52. The van der Waals surface area contributed by atoms with Crippen molar-refractivity contribution in [1.82, 2.24) is 0 Å². The van der Waals surface area contributed by atoms with Gasteiger partial charge >= 0.3 is 0 Å². The Balaban J connectivity index is 2.07. The van der Waals surface area contributed by atoms with Crippen molar-refractivity contribution in [2.24, 2.45) is 17.8 Å². The molecule has 12 heavy (non-hydrogen) atoms. The van der Waals surface area contributed by atoms with Crippen LogP contribution in [0.4, 0.5) is 0 Å². The van der Waals surface area contributed by atoms with Crippen LogP contribution in [0.5, 0.6) is 0 Å². The Kier molecular flexibility index (Phi) is 1.71. The minimum absolute atomic E-state index is 0.317. The molecule has 0 radical (unpaired) electrons. The molecule has 0 aromatic carbocycles. The summed E-state index contributed by atoms with van der Waals surface area (Å²) in [6.45, 7) is 1.70. The lowest BCUT2D eigenvalue weighted by atomic mass is 10.1. The highest BCUT2D eigenvalue weighted by molar-refractivity contribution is 5.82. The largest absolute Gasteiger partial charge is 0.501 e. The van der Waals surface area contributed by atoms with Gasteiger partial charge < -0.3 is 4.74 Å². The van der Waals surface area contributed by atoms with Gasteiger partial charge in [-0.15, -0.1) is 0 Å². The van der Waals surface area contributed by atoms with Crippen LogP contribution in [0.2, 0.25) is 0 Å². The first kappa shape index (κ1) is 7.84. The average Bonchev–Trinajstić information content (AvgIpc) is 2.76. The van der Waals surface area contributed by atoms with Crippen molar-refractivity contribution >= 4 is 5.78 Å². The fourth-order valence-electron chi connectivity index (χ4n) is 2.35. The zero-order chi connectivity index (χ0) is 8.72. The summed E-state index contributed by atoms with van der Waals surface area (Å²) in [5.74, 6) is 2.88. The van der Waals surface area contributed by atoms with Crippen LogP contribution in [-0.2, 0) is 9.53 Å². The van der Waals surface area contributed by atoms with Gasteiger partial charge in [0.05, 0.1) is 12.9 Å². The predicted molar refractivity (Wildman–Crippen MR) is 45.5 cm³/mol. The number of ether oxygens (including phenoxy) is 1. The summed E-state index contributed by atoms with van der Waals surface area (Å²) < 4.78 is 5.17. The van der Waals surface area contributed by atoms with E-state index in [1.165, 1.54) is 0 Å². The number of allylic oxidation sites excluding steroid dienone is 2. The quantitative estimate of drug-likeness (QED) is 0.624. The summed E-state index contributed by atoms with van der Waals surface area (Å²) >= 11 is 0. The average molecular weight is 166 g/mol. The number of ketones is 1. The Morgan fingerprint density at radius 3 is 3.00 bits per heavy atom. The number of methoxy groups -OCH3 is 1. The van der Waals surface area contributed by atoms with Crippen molar-refractivity contribution in [2.75, 3.05) is 7.11 Å². The van der Waals surface area contributed by atoms with Crippen molar-refractivity contribution < 1.29 is 9.53 Å². The summed E-state index contributed by atoms with van der Waals surface area (Å²) in [5.41, 5.74) is 0. The normalized spacial score (nSPS) is 38.2. The fourth-order valence-corrected chi connectivity index (χ4v) is 2.35. The van der Waals surface area contributed by atoms with Crippen molar-refractivity contribution in [3.63, 3.8) is 0 Å². The van der Waals surface area contributed by atoms with Crippen molar-refractivity contribution in [3.05, 3.63) is 11.8 Å². The topological polar surface area (TPSA) is 26.3 Å². The van der Waals surface area contributed by atoms with Crippen LogP contribution >= 0.6 is 0 Å². The molecule has 2 aliphatic carbocycles. The minimum Gasteiger partial charge on any atom is -0.501 e. The Labute approximate surface area is 72.6 Å². The first-order valence-electron chi connectivity index (χ1n) is 4.49. The van der Waals surface area contributed by atoms with Gasteiger partial charge in [-0.05, 0) is 31.3 Å². The van der Waals surface area contributed by atoms with Gasteiger partial charge in [-0.25, -0.2) is 0 Å². The number of fused-ring (bicyclic) bond motifs is 1. The van der Waals surface area contributed by atoms with Gasteiger partial charge in [0.1, 0.15) is 5.78 Å². The molecule has 0 amide bonds. The fraction of sp³-hybridized carbons (Fsp3) is 0.700. The van der Waals surface area contributed by atoms with Crippen molar-refractivity contribution in [3.8, 4) is 0 Å². The van der Waals surface area contributed by atoms with Gasteiger partial charge in [0.25, 0.3) is 0 Å². The standard InChI is InChI=1S/C10H14O2/c1-6(11)10-8-4-3-7(12-2)5-9(8)10/h5,8-10H,3-4H2,1-2H3. The maximum atomic E-state index is 11.1. The molecule has 0 aliphatic heterocycles. The lowest BCUT2D eigenvalue weighted by Crippen LogP contribution is -1.96. The third kappa shape index (κ3) is 1.06. The molecule has 1 fully saturated rings. The molecule has 2 rings (SSSR count). The van der Waals surface area contributed by atoms with Crippen LogP contribution < -0.4 is 0 Å². The molecule has 3 unspecified atom stereocenters. The Morgan fingerprint density at radius 2 is 2.42 bits per heavy atom. The number of carbonyl (C=O) groups is 1. The van der Waals surface area contributed by atoms with Crippen molar-refractivity contribution in [1.29, 1.82) is 0 Å². The molecule has 0 N–H and O–H groups in total. The summed E-state index contributed by atoms with van der Waals surface area (Å²) in [5, 5.41) is 0. The van der Waals surface area contributed by atoms with E-state index in [0.29, 0.717) is 23.5 Å². The summed E-state index contributed by atoms with van der Waals surface area (Å²) in [4.78, 5) is 11.1. The smallest absolute Gasteiger partial charge is 0.133 e. The second kappa shape index (κ2) is 2.61. The molecule has 2 nitrogen and oxygen atoms in total. The number of Topliss-reactive ketones (excluding diaryl/α,β-unsaturated/α-hetero) is 1. The number of carbonyl (C=O) groups excluding carboxylic acids is 1. The molecule has 0 saturated heterocycles. The predicted octanol–water partition coefficient (Wildman–Crippen LogP) is 1.76. The van der Waals surface area contributed by atoms with E-state index in [1.54, 1.807) is 14.0 Å². The molecular formula is C10H14O2. The van der Waals surface area contributed by atoms with E-state index in [9.17, 15) is 4.79 Å². The van der Waals surface area contributed by atoms with Crippen LogP contribution in [0, 0.1) is 17.8 Å². The van der Waals surface area contributed by atoms with Crippen LogP contribution in [0.1, 0.15) is 19.8 Å². The van der Waals surface area contributed by atoms with Gasteiger partial charge in [-0.3, -0.25) is 4.79 Å². The third-order valence-electron chi connectivity index (χ3n) is 3.06. The summed E-state index contributed by atoms with van der Waals surface area (Å²) in [6.07, 6.45) is 4.29. The van der Waals surface area contributed by atoms with Crippen LogP contribution in [0.15, 0.2) is 11.8 Å². The monoisotopic (exact) mass is 166 g/mol.